The van der Waals surface area contributed by atoms with E-state index in [-0.39, 0.29) is 35.7 Å². The van der Waals surface area contributed by atoms with Crippen molar-refractivity contribution in [3.8, 4) is 0 Å². The molecule has 0 radical (unpaired) electrons. The van der Waals surface area contributed by atoms with Crippen LogP contribution in [0, 0.1) is 5.82 Å². The summed E-state index contributed by atoms with van der Waals surface area (Å²) < 4.78 is 17.8. The van der Waals surface area contributed by atoms with Crippen LogP contribution < -0.4 is 15.5 Å². The van der Waals surface area contributed by atoms with Crippen molar-refractivity contribution in [1.82, 2.24) is 0 Å². The maximum absolute atomic E-state index is 12.8. The number of hydrogen-bond acceptors (Lipinski definition) is 5. The molecular formula is C20H22FN3O4S. The summed E-state index contributed by atoms with van der Waals surface area (Å²) in [6.07, 6.45) is -0.459. The van der Waals surface area contributed by atoms with E-state index in [4.69, 9.17) is 4.74 Å². The number of hydrogen-bond donors (Lipinski definition) is 2. The third-order valence-corrected chi connectivity index (χ3v) is 4.61. The van der Waals surface area contributed by atoms with Gasteiger partial charge in [-0.2, -0.15) is 0 Å². The Morgan fingerprint density at radius 3 is 1.90 bits per heavy atom. The Kier molecular flexibility index (Phi) is 8.47. The highest BCUT2D eigenvalue weighted by molar-refractivity contribution is 8.00. The van der Waals surface area contributed by atoms with Crippen molar-refractivity contribution in [2.45, 2.75) is 6.92 Å². The standard InChI is InChI=1S/C20H22FN3O4S/c1-3-28-20(27)24(2)17-10-8-16(9-11-17)23-19(26)13-29-12-18(25)22-15-6-4-14(21)5-7-15/h4-11H,3,12-13H2,1-2H3,(H,22,25)(H,23,26). The summed E-state index contributed by atoms with van der Waals surface area (Å²) in [5, 5.41) is 5.35. The van der Waals surface area contributed by atoms with Crippen LogP contribution in [0.15, 0.2) is 48.5 Å². The van der Waals surface area contributed by atoms with Gasteiger partial charge in [0.2, 0.25) is 11.8 Å². The Labute approximate surface area is 172 Å². The van der Waals surface area contributed by atoms with Gasteiger partial charge < -0.3 is 15.4 Å². The van der Waals surface area contributed by atoms with Crippen LogP contribution in [0.4, 0.5) is 26.2 Å². The summed E-state index contributed by atoms with van der Waals surface area (Å²) in [6, 6.07) is 12.2. The number of ether oxygens (including phenoxy) is 1. The second kappa shape index (κ2) is 11.1. The van der Waals surface area contributed by atoms with E-state index in [2.05, 4.69) is 10.6 Å². The van der Waals surface area contributed by atoms with Crippen LogP contribution in [0.5, 0.6) is 0 Å². The number of halogens is 1. The zero-order chi connectivity index (χ0) is 21.2. The first-order valence-corrected chi connectivity index (χ1v) is 9.98. The van der Waals surface area contributed by atoms with E-state index >= 15 is 0 Å². The van der Waals surface area contributed by atoms with Crippen LogP contribution in [-0.4, -0.2) is 43.1 Å². The van der Waals surface area contributed by atoms with Gasteiger partial charge in [-0.05, 0) is 55.5 Å². The molecule has 0 aliphatic carbocycles. The topological polar surface area (TPSA) is 87.7 Å². The lowest BCUT2D eigenvalue weighted by Gasteiger charge is -2.16. The molecule has 0 aromatic heterocycles. The Morgan fingerprint density at radius 2 is 1.41 bits per heavy atom. The van der Waals surface area contributed by atoms with Crippen molar-refractivity contribution in [3.05, 3.63) is 54.3 Å². The minimum atomic E-state index is -0.459. The predicted molar refractivity (Wildman–Crippen MR) is 113 cm³/mol. The minimum Gasteiger partial charge on any atom is -0.449 e. The van der Waals surface area contributed by atoms with Gasteiger partial charge in [0.1, 0.15) is 5.82 Å². The molecule has 3 amide bonds. The maximum atomic E-state index is 12.8. The van der Waals surface area contributed by atoms with Gasteiger partial charge in [-0.15, -0.1) is 11.8 Å². The number of nitrogens with zero attached hydrogens (tertiary/aromatic N) is 1. The Hall–Kier alpha value is -3.07. The molecule has 2 aromatic rings. The molecule has 154 valence electrons. The van der Waals surface area contributed by atoms with E-state index in [1.807, 2.05) is 0 Å². The fourth-order valence-electron chi connectivity index (χ4n) is 2.26. The predicted octanol–water partition coefficient (Wildman–Crippen LogP) is 3.73. The highest BCUT2D eigenvalue weighted by Gasteiger charge is 2.12. The fourth-order valence-corrected chi connectivity index (χ4v) is 2.88. The number of rotatable bonds is 8. The van der Waals surface area contributed by atoms with E-state index in [9.17, 15) is 18.8 Å². The van der Waals surface area contributed by atoms with Crippen molar-refractivity contribution >= 4 is 46.7 Å². The Bertz CT molecular complexity index is 844. The molecule has 2 rings (SSSR count). The van der Waals surface area contributed by atoms with E-state index in [1.165, 1.54) is 29.2 Å². The molecule has 9 heteroatoms. The SMILES string of the molecule is CCOC(=O)N(C)c1ccc(NC(=O)CSCC(=O)Nc2ccc(F)cc2)cc1. The summed E-state index contributed by atoms with van der Waals surface area (Å²) in [6.45, 7) is 2.02. The molecule has 2 N–H and O–H groups in total. The van der Waals surface area contributed by atoms with Crippen LogP contribution in [0.1, 0.15) is 6.92 Å². The molecule has 0 unspecified atom stereocenters. The Balaban J connectivity index is 1.74. The number of nitrogens with one attached hydrogen (secondary N) is 2. The molecule has 7 nitrogen and oxygen atoms in total. The number of benzene rings is 2. The number of amides is 3. The molecule has 0 atom stereocenters. The van der Waals surface area contributed by atoms with Gasteiger partial charge in [-0.1, -0.05) is 0 Å². The first-order valence-electron chi connectivity index (χ1n) is 8.82. The lowest BCUT2D eigenvalue weighted by atomic mass is 10.2. The average molecular weight is 419 g/mol. The van der Waals surface area contributed by atoms with Crippen molar-refractivity contribution < 1.29 is 23.5 Å². The molecular weight excluding hydrogens is 397 g/mol. The molecule has 2 aromatic carbocycles. The van der Waals surface area contributed by atoms with Crippen molar-refractivity contribution in [3.63, 3.8) is 0 Å². The number of carbonyl (C=O) groups is 3. The lowest BCUT2D eigenvalue weighted by molar-refractivity contribution is -0.114. The van der Waals surface area contributed by atoms with E-state index in [0.29, 0.717) is 17.1 Å². The molecule has 0 heterocycles. The molecule has 0 saturated heterocycles. The van der Waals surface area contributed by atoms with Gasteiger partial charge in [0, 0.05) is 24.1 Å². The summed E-state index contributed by atoms with van der Waals surface area (Å²) in [4.78, 5) is 36.9. The highest BCUT2D eigenvalue weighted by Crippen LogP contribution is 2.18. The van der Waals surface area contributed by atoms with Crippen LogP contribution in [-0.2, 0) is 14.3 Å². The molecule has 0 spiro atoms. The monoisotopic (exact) mass is 419 g/mol. The molecule has 29 heavy (non-hydrogen) atoms. The van der Waals surface area contributed by atoms with Gasteiger partial charge >= 0.3 is 6.09 Å². The van der Waals surface area contributed by atoms with Gasteiger partial charge in [0.25, 0.3) is 0 Å². The molecule has 0 bridgehead atoms. The van der Waals surface area contributed by atoms with E-state index < -0.39 is 6.09 Å². The molecule has 0 fully saturated rings. The molecule has 0 aliphatic rings. The van der Waals surface area contributed by atoms with Crippen LogP contribution in [0.3, 0.4) is 0 Å². The summed E-state index contributed by atoms with van der Waals surface area (Å²) in [5.74, 6) is -0.721. The summed E-state index contributed by atoms with van der Waals surface area (Å²) in [5.41, 5.74) is 1.70. The number of anilines is 3. The highest BCUT2D eigenvalue weighted by atomic mass is 32.2. The van der Waals surface area contributed by atoms with Gasteiger partial charge in [0.15, 0.2) is 0 Å². The van der Waals surface area contributed by atoms with Crippen molar-refractivity contribution in [1.29, 1.82) is 0 Å². The quantitative estimate of drug-likeness (QED) is 0.681. The molecule has 0 saturated carbocycles. The van der Waals surface area contributed by atoms with E-state index in [1.54, 1.807) is 38.2 Å². The van der Waals surface area contributed by atoms with Crippen LogP contribution in [0.25, 0.3) is 0 Å². The first-order chi connectivity index (χ1) is 13.9. The average Bonchev–Trinajstić information content (AvgIpc) is 2.70. The van der Waals surface area contributed by atoms with Crippen molar-refractivity contribution in [2.75, 3.05) is 40.7 Å². The summed E-state index contributed by atoms with van der Waals surface area (Å²) >= 11 is 1.16. The second-order valence-electron chi connectivity index (χ2n) is 5.90. The zero-order valence-electron chi connectivity index (χ0n) is 16.1. The normalized spacial score (nSPS) is 10.2. The zero-order valence-corrected chi connectivity index (χ0v) is 16.9. The van der Waals surface area contributed by atoms with Crippen LogP contribution in [0.2, 0.25) is 0 Å². The Morgan fingerprint density at radius 1 is 0.931 bits per heavy atom. The third-order valence-electron chi connectivity index (χ3n) is 3.67. The smallest absolute Gasteiger partial charge is 0.413 e. The largest absolute Gasteiger partial charge is 0.449 e. The lowest BCUT2D eigenvalue weighted by Crippen LogP contribution is -2.26. The van der Waals surface area contributed by atoms with Gasteiger partial charge in [-0.25, -0.2) is 9.18 Å². The van der Waals surface area contributed by atoms with Crippen LogP contribution >= 0.6 is 11.8 Å². The third kappa shape index (κ3) is 7.46. The summed E-state index contributed by atoms with van der Waals surface area (Å²) in [7, 11) is 1.60. The fraction of sp³-hybridized carbons (Fsp3) is 0.250. The molecule has 0 aliphatic heterocycles. The van der Waals surface area contributed by atoms with Gasteiger partial charge in [0.05, 0.1) is 18.1 Å². The minimum absolute atomic E-state index is 0.0913. The first kappa shape index (κ1) is 22.2. The number of thioether (sulfide) groups is 1. The van der Waals surface area contributed by atoms with Crippen molar-refractivity contribution in [2.24, 2.45) is 0 Å². The number of carbonyl (C=O) groups excluding carboxylic acids is 3. The van der Waals surface area contributed by atoms with E-state index in [0.717, 1.165) is 11.8 Å². The second-order valence-corrected chi connectivity index (χ2v) is 6.89. The maximum Gasteiger partial charge on any atom is 0.413 e. The van der Waals surface area contributed by atoms with Gasteiger partial charge in [-0.3, -0.25) is 14.5 Å².